The van der Waals surface area contributed by atoms with Crippen LogP contribution >= 0.6 is 0 Å². The molecule has 1 heterocycles. The highest BCUT2D eigenvalue weighted by molar-refractivity contribution is 5.97. The first-order valence-electron chi connectivity index (χ1n) is 9.49. The van der Waals surface area contributed by atoms with Crippen LogP contribution in [-0.4, -0.2) is 32.2 Å². The number of aryl methyl sites for hydroxylation is 2. The Morgan fingerprint density at radius 2 is 2.12 bits per heavy atom. The Hall–Kier alpha value is -1.19. The summed E-state index contributed by atoms with van der Waals surface area (Å²) in [6.07, 6.45) is 7.11. The smallest absolute Gasteiger partial charge is 0.163 e. The van der Waals surface area contributed by atoms with Crippen molar-refractivity contribution in [2.45, 2.75) is 58.8 Å². The first-order chi connectivity index (χ1) is 11.7. The van der Waals surface area contributed by atoms with Crippen LogP contribution < -0.4 is 0 Å². The molecule has 0 saturated carbocycles. The van der Waals surface area contributed by atoms with Gasteiger partial charge in [-0.1, -0.05) is 25.1 Å². The summed E-state index contributed by atoms with van der Waals surface area (Å²) in [4.78, 5) is 12.3. The molecule has 24 heavy (non-hydrogen) atoms. The largest absolute Gasteiger partial charge is 0.381 e. The summed E-state index contributed by atoms with van der Waals surface area (Å²) >= 11 is 0. The fourth-order valence-electron chi connectivity index (χ4n) is 3.34. The van der Waals surface area contributed by atoms with Gasteiger partial charge < -0.3 is 9.47 Å². The maximum absolute atomic E-state index is 12.3. The van der Waals surface area contributed by atoms with Gasteiger partial charge in [-0.05, 0) is 62.5 Å². The Morgan fingerprint density at radius 3 is 2.92 bits per heavy atom. The van der Waals surface area contributed by atoms with Gasteiger partial charge in [0.15, 0.2) is 5.78 Å². The average Bonchev–Trinajstić information content (AvgIpc) is 2.86. The second kappa shape index (κ2) is 10.6. The van der Waals surface area contributed by atoms with Gasteiger partial charge in [-0.3, -0.25) is 4.79 Å². The molecule has 1 aliphatic heterocycles. The molecular formula is C21H32O3. The minimum absolute atomic E-state index is 0.236. The number of rotatable bonds is 9. The third-order valence-electron chi connectivity index (χ3n) is 4.93. The van der Waals surface area contributed by atoms with E-state index in [1.165, 1.54) is 18.4 Å². The molecule has 1 fully saturated rings. The Balaban J connectivity index is 1.60. The molecule has 0 N–H and O–H groups in total. The van der Waals surface area contributed by atoms with Crippen LogP contribution in [0, 0.1) is 12.8 Å². The molecule has 1 aromatic rings. The highest BCUT2D eigenvalue weighted by Gasteiger charge is 2.12. The van der Waals surface area contributed by atoms with Crippen molar-refractivity contribution in [2.75, 3.05) is 26.4 Å². The summed E-state index contributed by atoms with van der Waals surface area (Å²) in [6.45, 7) is 7.46. The molecule has 3 nitrogen and oxygen atoms in total. The zero-order valence-electron chi connectivity index (χ0n) is 15.3. The molecule has 0 spiro atoms. The second-order valence-corrected chi connectivity index (χ2v) is 6.84. The van der Waals surface area contributed by atoms with Crippen molar-refractivity contribution < 1.29 is 14.3 Å². The number of Topliss-reactive ketones (excluding diaryl/α,β-unsaturated/α-hetero) is 1. The van der Waals surface area contributed by atoms with E-state index in [4.69, 9.17) is 9.47 Å². The van der Waals surface area contributed by atoms with Crippen LogP contribution in [0.4, 0.5) is 0 Å². The van der Waals surface area contributed by atoms with Crippen LogP contribution in [-0.2, 0) is 15.9 Å². The topological polar surface area (TPSA) is 35.5 Å². The molecule has 2 rings (SSSR count). The van der Waals surface area contributed by atoms with Gasteiger partial charge in [0.25, 0.3) is 0 Å². The summed E-state index contributed by atoms with van der Waals surface area (Å²) in [5.74, 6) is 0.980. The van der Waals surface area contributed by atoms with Gasteiger partial charge in [-0.15, -0.1) is 0 Å². The summed E-state index contributed by atoms with van der Waals surface area (Å²) < 4.78 is 11.2. The predicted molar refractivity (Wildman–Crippen MR) is 97.7 cm³/mol. The quantitative estimate of drug-likeness (QED) is 0.484. The highest BCUT2D eigenvalue weighted by atomic mass is 16.5. The van der Waals surface area contributed by atoms with Crippen molar-refractivity contribution in [2.24, 2.45) is 5.92 Å². The van der Waals surface area contributed by atoms with Crippen molar-refractivity contribution in [1.29, 1.82) is 0 Å². The third-order valence-corrected chi connectivity index (χ3v) is 4.93. The first-order valence-corrected chi connectivity index (χ1v) is 9.49. The minimum atomic E-state index is 0.236. The first kappa shape index (κ1) is 19.1. The molecule has 0 aromatic heterocycles. The number of ketones is 1. The number of carbonyl (C=O) groups is 1. The molecule has 1 saturated heterocycles. The van der Waals surface area contributed by atoms with Gasteiger partial charge in [0.05, 0.1) is 0 Å². The van der Waals surface area contributed by atoms with Crippen LogP contribution in [0.5, 0.6) is 0 Å². The fraction of sp³-hybridized carbons (Fsp3) is 0.667. The minimum Gasteiger partial charge on any atom is -0.381 e. The van der Waals surface area contributed by atoms with Gasteiger partial charge in [0.2, 0.25) is 0 Å². The molecule has 1 aromatic carbocycles. The van der Waals surface area contributed by atoms with Gasteiger partial charge in [-0.25, -0.2) is 0 Å². The summed E-state index contributed by atoms with van der Waals surface area (Å²) in [5, 5.41) is 0. The van der Waals surface area contributed by atoms with Gasteiger partial charge >= 0.3 is 0 Å². The molecule has 3 heteroatoms. The van der Waals surface area contributed by atoms with Gasteiger partial charge in [-0.2, -0.15) is 0 Å². The van der Waals surface area contributed by atoms with Crippen LogP contribution in [0.25, 0.3) is 0 Å². The van der Waals surface area contributed by atoms with E-state index in [1.54, 1.807) is 0 Å². The molecule has 1 unspecified atom stereocenters. The Morgan fingerprint density at radius 1 is 1.25 bits per heavy atom. The van der Waals surface area contributed by atoms with Crippen molar-refractivity contribution >= 4 is 5.78 Å². The van der Waals surface area contributed by atoms with Gasteiger partial charge in [0.1, 0.15) is 0 Å². The normalized spacial score (nSPS) is 18.3. The van der Waals surface area contributed by atoms with Crippen molar-refractivity contribution in [3.05, 3.63) is 34.9 Å². The SMILES string of the molecule is CCc1ccc(C(=O)CCCOCCC2CCCOCC2)c(C)c1. The lowest BCUT2D eigenvalue weighted by molar-refractivity contribution is 0.0911. The number of hydrogen-bond acceptors (Lipinski definition) is 3. The maximum Gasteiger partial charge on any atom is 0.163 e. The zero-order chi connectivity index (χ0) is 17.2. The molecule has 0 aliphatic carbocycles. The zero-order valence-corrected chi connectivity index (χ0v) is 15.3. The van der Waals surface area contributed by atoms with E-state index in [0.29, 0.717) is 13.0 Å². The molecule has 0 radical (unpaired) electrons. The lowest BCUT2D eigenvalue weighted by Gasteiger charge is -2.13. The number of hydrogen-bond donors (Lipinski definition) is 0. The van der Waals surface area contributed by atoms with E-state index < -0.39 is 0 Å². The van der Waals surface area contributed by atoms with Crippen molar-refractivity contribution in [3.8, 4) is 0 Å². The number of ether oxygens (including phenoxy) is 2. The Labute approximate surface area is 146 Å². The van der Waals surface area contributed by atoms with E-state index >= 15 is 0 Å². The van der Waals surface area contributed by atoms with Crippen LogP contribution in [0.1, 0.15) is 66.9 Å². The van der Waals surface area contributed by atoms with E-state index in [9.17, 15) is 4.79 Å². The third kappa shape index (κ3) is 6.37. The van der Waals surface area contributed by atoms with Crippen molar-refractivity contribution in [1.82, 2.24) is 0 Å². The lowest BCUT2D eigenvalue weighted by atomic mass is 9.97. The van der Waals surface area contributed by atoms with Crippen LogP contribution in [0.3, 0.4) is 0 Å². The molecule has 134 valence electrons. The van der Waals surface area contributed by atoms with E-state index in [1.807, 2.05) is 13.0 Å². The second-order valence-electron chi connectivity index (χ2n) is 6.84. The number of carbonyl (C=O) groups excluding carboxylic acids is 1. The van der Waals surface area contributed by atoms with Crippen LogP contribution in [0.2, 0.25) is 0 Å². The lowest BCUT2D eigenvalue weighted by Crippen LogP contribution is -2.08. The molecule has 0 bridgehead atoms. The predicted octanol–water partition coefficient (Wildman–Crippen LogP) is 4.74. The summed E-state index contributed by atoms with van der Waals surface area (Å²) in [5.41, 5.74) is 3.25. The van der Waals surface area contributed by atoms with Crippen molar-refractivity contribution in [3.63, 3.8) is 0 Å². The van der Waals surface area contributed by atoms with Crippen LogP contribution in [0.15, 0.2) is 18.2 Å². The maximum atomic E-state index is 12.3. The van der Waals surface area contributed by atoms with Gasteiger partial charge in [0, 0.05) is 38.4 Å². The monoisotopic (exact) mass is 332 g/mol. The number of benzene rings is 1. The highest BCUT2D eigenvalue weighted by Crippen LogP contribution is 2.19. The molecule has 1 aliphatic rings. The Kier molecular flexibility index (Phi) is 8.48. The molecule has 0 amide bonds. The fourth-order valence-corrected chi connectivity index (χ4v) is 3.34. The van der Waals surface area contributed by atoms with E-state index in [2.05, 4.69) is 19.1 Å². The van der Waals surface area contributed by atoms with E-state index in [0.717, 1.165) is 62.5 Å². The van der Waals surface area contributed by atoms with E-state index in [-0.39, 0.29) is 5.78 Å². The average molecular weight is 332 g/mol. The summed E-state index contributed by atoms with van der Waals surface area (Å²) in [6, 6.07) is 6.17. The molecule has 1 atom stereocenters. The summed E-state index contributed by atoms with van der Waals surface area (Å²) in [7, 11) is 0. The Bertz CT molecular complexity index is 502. The standard InChI is InChI=1S/C21H32O3/c1-3-18-8-9-20(17(2)16-18)21(22)7-5-13-24-15-11-19-6-4-12-23-14-10-19/h8-9,16,19H,3-7,10-15H2,1-2H3. The molecular weight excluding hydrogens is 300 g/mol.